The van der Waals surface area contributed by atoms with Gasteiger partial charge in [-0.25, -0.2) is 0 Å². The number of hydrogen-bond acceptors (Lipinski definition) is 3. The molecule has 3 N–H and O–H groups in total. The van der Waals surface area contributed by atoms with Crippen LogP contribution in [0.4, 0.5) is 0 Å². The molecule has 0 aromatic carbocycles. The molecule has 0 saturated heterocycles. The summed E-state index contributed by atoms with van der Waals surface area (Å²) >= 11 is 0. The van der Waals surface area contributed by atoms with Gasteiger partial charge in [-0.2, -0.15) is 0 Å². The normalized spacial score (nSPS) is 27.7. The van der Waals surface area contributed by atoms with Crippen LogP contribution in [-0.4, -0.2) is 33.5 Å². The predicted octanol–water partition coefficient (Wildman–Crippen LogP) is 2.90. The summed E-state index contributed by atoms with van der Waals surface area (Å²) in [6.45, 7) is 1.94. The minimum Gasteiger partial charge on any atom is -0.481 e. The number of aliphatic carboxylic acids is 1. The second-order valence-electron chi connectivity index (χ2n) is 5.83. The summed E-state index contributed by atoms with van der Waals surface area (Å²) in [5.41, 5.74) is 0. The van der Waals surface area contributed by atoms with Crippen molar-refractivity contribution in [2.45, 2.75) is 64.1 Å². The molecule has 0 spiro atoms. The molecule has 120 valence electrons. The Bertz CT molecular complexity index is 362. The van der Waals surface area contributed by atoms with E-state index in [2.05, 4.69) is 6.08 Å². The molecule has 1 saturated carbocycles. The highest BCUT2D eigenvalue weighted by Gasteiger charge is 2.32. The molecule has 0 bridgehead atoms. The lowest BCUT2D eigenvalue weighted by Crippen LogP contribution is -2.17. The lowest BCUT2D eigenvalue weighted by molar-refractivity contribution is -0.137. The molecule has 1 aliphatic carbocycles. The van der Waals surface area contributed by atoms with Crippen molar-refractivity contribution < 1.29 is 20.1 Å². The van der Waals surface area contributed by atoms with Crippen LogP contribution < -0.4 is 0 Å². The maximum atomic E-state index is 10.4. The molecule has 0 radical (unpaired) electrons. The maximum Gasteiger partial charge on any atom is 0.303 e. The lowest BCUT2D eigenvalue weighted by Gasteiger charge is -2.18. The largest absolute Gasteiger partial charge is 0.481 e. The van der Waals surface area contributed by atoms with Gasteiger partial charge < -0.3 is 15.3 Å². The summed E-state index contributed by atoms with van der Waals surface area (Å²) in [6.07, 6.45) is 12.2. The second-order valence-corrected chi connectivity index (χ2v) is 5.83. The molecule has 4 unspecified atom stereocenters. The fourth-order valence-corrected chi connectivity index (χ4v) is 2.80. The van der Waals surface area contributed by atoms with Gasteiger partial charge in [-0.15, -0.1) is 0 Å². The van der Waals surface area contributed by atoms with Gasteiger partial charge >= 0.3 is 5.97 Å². The van der Waals surface area contributed by atoms with Crippen molar-refractivity contribution >= 4 is 5.97 Å². The number of aliphatic hydroxyl groups is 2. The van der Waals surface area contributed by atoms with Gasteiger partial charge in [0.05, 0.1) is 12.2 Å². The highest BCUT2D eigenvalue weighted by atomic mass is 16.4. The zero-order valence-corrected chi connectivity index (χ0v) is 12.8. The number of carboxylic acid groups (broad SMARTS) is 1. The van der Waals surface area contributed by atoms with Crippen LogP contribution in [0.5, 0.6) is 0 Å². The van der Waals surface area contributed by atoms with Gasteiger partial charge in [-0.05, 0) is 50.4 Å². The average molecular weight is 296 g/mol. The number of allylic oxidation sites excluding steroid dienone is 3. The summed E-state index contributed by atoms with van der Waals surface area (Å²) in [7, 11) is 0. The van der Waals surface area contributed by atoms with Crippen LogP contribution in [0.3, 0.4) is 0 Å². The lowest BCUT2D eigenvalue weighted by atomic mass is 9.90. The van der Waals surface area contributed by atoms with E-state index in [1.54, 1.807) is 0 Å². The predicted molar refractivity (Wildman–Crippen MR) is 82.9 cm³/mol. The van der Waals surface area contributed by atoms with E-state index in [0.29, 0.717) is 18.8 Å². The van der Waals surface area contributed by atoms with Crippen LogP contribution in [0.25, 0.3) is 0 Å². The third-order valence-corrected chi connectivity index (χ3v) is 4.18. The zero-order valence-electron chi connectivity index (χ0n) is 12.8. The molecule has 4 heteroatoms. The molecule has 1 fully saturated rings. The summed E-state index contributed by atoms with van der Waals surface area (Å²) in [5, 5.41) is 28.2. The van der Waals surface area contributed by atoms with Crippen LogP contribution in [0.2, 0.25) is 0 Å². The Morgan fingerprint density at radius 1 is 1.33 bits per heavy atom. The van der Waals surface area contributed by atoms with Crippen molar-refractivity contribution in [1.82, 2.24) is 0 Å². The fourth-order valence-electron chi connectivity index (χ4n) is 2.80. The molecule has 0 aliphatic heterocycles. The van der Waals surface area contributed by atoms with Gasteiger partial charge in [0, 0.05) is 6.42 Å². The molecule has 21 heavy (non-hydrogen) atoms. The summed E-state index contributed by atoms with van der Waals surface area (Å²) in [6, 6.07) is 0. The van der Waals surface area contributed by atoms with Gasteiger partial charge in [-0.1, -0.05) is 31.2 Å². The van der Waals surface area contributed by atoms with Crippen molar-refractivity contribution in [3.8, 4) is 0 Å². The molecular weight excluding hydrogens is 268 g/mol. The number of rotatable bonds is 9. The first kappa shape index (κ1) is 17.9. The van der Waals surface area contributed by atoms with E-state index in [9.17, 15) is 15.0 Å². The van der Waals surface area contributed by atoms with E-state index >= 15 is 0 Å². The van der Waals surface area contributed by atoms with E-state index in [1.165, 1.54) is 0 Å². The summed E-state index contributed by atoms with van der Waals surface area (Å²) in [4.78, 5) is 10.4. The Morgan fingerprint density at radius 2 is 2.10 bits per heavy atom. The van der Waals surface area contributed by atoms with Gasteiger partial charge in [0.2, 0.25) is 0 Å². The minimum atomic E-state index is -0.755. The minimum absolute atomic E-state index is 0.205. The Kier molecular flexibility index (Phi) is 8.31. The Labute approximate surface area is 127 Å². The maximum absolute atomic E-state index is 10.4. The van der Waals surface area contributed by atoms with Gasteiger partial charge in [0.1, 0.15) is 0 Å². The van der Waals surface area contributed by atoms with Crippen molar-refractivity contribution in [3.05, 3.63) is 24.3 Å². The fraction of sp³-hybridized carbons (Fsp3) is 0.706. The van der Waals surface area contributed by atoms with Crippen molar-refractivity contribution in [3.63, 3.8) is 0 Å². The van der Waals surface area contributed by atoms with Gasteiger partial charge in [0.15, 0.2) is 0 Å². The third kappa shape index (κ3) is 6.91. The van der Waals surface area contributed by atoms with Crippen LogP contribution in [0.1, 0.15) is 51.9 Å². The molecule has 4 atom stereocenters. The summed E-state index contributed by atoms with van der Waals surface area (Å²) < 4.78 is 0. The standard InChI is InChI=1S/C17H28O4/c1-2-14(18)11-9-13-10-12-16(19)15(13)7-5-3-4-6-8-17(20)21/h3,5,9,11,13-16,18-19H,2,4,6-8,10,12H2,1H3,(H,20,21). The third-order valence-electron chi connectivity index (χ3n) is 4.18. The highest BCUT2D eigenvalue weighted by molar-refractivity contribution is 5.66. The molecule has 1 rings (SSSR count). The van der Waals surface area contributed by atoms with Crippen molar-refractivity contribution in [1.29, 1.82) is 0 Å². The van der Waals surface area contributed by atoms with E-state index in [-0.39, 0.29) is 18.4 Å². The SMILES string of the molecule is CCC(O)C=CC1CCC(O)C1CC=CCCCC(=O)O. The molecule has 0 heterocycles. The Balaban J connectivity index is 2.37. The van der Waals surface area contributed by atoms with Gasteiger partial charge in [-0.3, -0.25) is 4.79 Å². The molecule has 1 aliphatic rings. The van der Waals surface area contributed by atoms with E-state index < -0.39 is 12.1 Å². The molecule has 4 nitrogen and oxygen atoms in total. The Morgan fingerprint density at radius 3 is 2.76 bits per heavy atom. The highest BCUT2D eigenvalue weighted by Crippen LogP contribution is 2.35. The van der Waals surface area contributed by atoms with Crippen LogP contribution in [-0.2, 0) is 4.79 Å². The molecule has 0 aromatic heterocycles. The van der Waals surface area contributed by atoms with Crippen molar-refractivity contribution in [2.24, 2.45) is 11.8 Å². The smallest absolute Gasteiger partial charge is 0.303 e. The first-order valence-electron chi connectivity index (χ1n) is 7.95. The number of unbranched alkanes of at least 4 members (excludes halogenated alkanes) is 1. The van der Waals surface area contributed by atoms with Gasteiger partial charge in [0.25, 0.3) is 0 Å². The average Bonchev–Trinajstić information content (AvgIpc) is 2.80. The number of hydrogen-bond donors (Lipinski definition) is 3. The Hall–Kier alpha value is -1.13. The van der Waals surface area contributed by atoms with E-state index in [0.717, 1.165) is 25.7 Å². The molecular formula is C17H28O4. The second kappa shape index (κ2) is 9.74. The van der Waals surface area contributed by atoms with E-state index in [4.69, 9.17) is 5.11 Å². The molecule has 0 amide bonds. The zero-order chi connectivity index (χ0) is 15.7. The van der Waals surface area contributed by atoms with Crippen LogP contribution in [0.15, 0.2) is 24.3 Å². The van der Waals surface area contributed by atoms with Crippen molar-refractivity contribution in [2.75, 3.05) is 0 Å². The molecule has 0 aromatic rings. The first-order valence-corrected chi connectivity index (χ1v) is 7.95. The van der Waals surface area contributed by atoms with Crippen LogP contribution in [0, 0.1) is 11.8 Å². The topological polar surface area (TPSA) is 77.8 Å². The first-order chi connectivity index (χ1) is 10.0. The van der Waals surface area contributed by atoms with E-state index in [1.807, 2.05) is 25.2 Å². The quantitative estimate of drug-likeness (QED) is 0.451. The number of aliphatic hydroxyl groups excluding tert-OH is 2. The monoisotopic (exact) mass is 296 g/mol. The van der Waals surface area contributed by atoms with Crippen LogP contribution >= 0.6 is 0 Å². The number of carboxylic acids is 1. The summed E-state index contributed by atoms with van der Waals surface area (Å²) in [5.74, 6) is -0.222. The number of carbonyl (C=O) groups is 1.